The zero-order chi connectivity index (χ0) is 20.1. The molecular weight excluding hydrogens is 360 g/mol. The van der Waals surface area contributed by atoms with Crippen LogP contribution in [0.5, 0.6) is 0 Å². The van der Waals surface area contributed by atoms with E-state index in [4.69, 9.17) is 0 Å². The molecular formula is C24H32N4O. The van der Waals surface area contributed by atoms with Gasteiger partial charge in [-0.05, 0) is 41.6 Å². The highest BCUT2D eigenvalue weighted by Gasteiger charge is 2.23. The van der Waals surface area contributed by atoms with E-state index in [-0.39, 0.29) is 12.1 Å². The molecule has 0 aromatic heterocycles. The molecule has 1 aliphatic carbocycles. The zero-order valence-electron chi connectivity index (χ0n) is 17.4. The van der Waals surface area contributed by atoms with Crippen molar-refractivity contribution in [3.8, 4) is 0 Å². The Kier molecular flexibility index (Phi) is 6.47. The number of nitrogens with zero attached hydrogens (tertiary/aromatic N) is 2. The summed E-state index contributed by atoms with van der Waals surface area (Å²) in [4.78, 5) is 17.5. The van der Waals surface area contributed by atoms with Crippen LogP contribution >= 0.6 is 0 Å². The Hall–Kier alpha value is -2.37. The van der Waals surface area contributed by atoms with Crippen LogP contribution in [0.15, 0.2) is 48.5 Å². The number of hydrogen-bond acceptors (Lipinski definition) is 3. The summed E-state index contributed by atoms with van der Waals surface area (Å²) in [6, 6.07) is 16.9. The number of benzene rings is 2. The molecule has 2 amide bonds. The van der Waals surface area contributed by atoms with Crippen molar-refractivity contribution in [2.24, 2.45) is 0 Å². The molecule has 0 radical (unpaired) electrons. The van der Waals surface area contributed by atoms with Gasteiger partial charge >= 0.3 is 6.03 Å². The summed E-state index contributed by atoms with van der Waals surface area (Å²) in [5.41, 5.74) is 5.12. The van der Waals surface area contributed by atoms with Crippen LogP contribution in [0.3, 0.4) is 0 Å². The Morgan fingerprint density at radius 2 is 1.66 bits per heavy atom. The first-order valence-electron chi connectivity index (χ1n) is 10.9. The van der Waals surface area contributed by atoms with Crippen LogP contribution < -0.4 is 10.6 Å². The fourth-order valence-corrected chi connectivity index (χ4v) is 4.48. The average Bonchev–Trinajstić information content (AvgIpc) is 3.16. The molecule has 0 unspecified atom stereocenters. The van der Waals surface area contributed by atoms with Crippen molar-refractivity contribution in [1.82, 2.24) is 20.4 Å². The Morgan fingerprint density at radius 3 is 2.45 bits per heavy atom. The van der Waals surface area contributed by atoms with Gasteiger partial charge in [-0.25, -0.2) is 4.79 Å². The van der Waals surface area contributed by atoms with Crippen LogP contribution in [0.4, 0.5) is 4.79 Å². The van der Waals surface area contributed by atoms with Gasteiger partial charge in [-0.2, -0.15) is 0 Å². The molecule has 154 valence electrons. The molecule has 2 aliphatic rings. The van der Waals surface area contributed by atoms with Crippen molar-refractivity contribution < 1.29 is 4.79 Å². The molecule has 2 N–H and O–H groups in total. The Morgan fingerprint density at radius 1 is 0.966 bits per heavy atom. The molecule has 0 spiro atoms. The molecule has 5 heteroatoms. The summed E-state index contributed by atoms with van der Waals surface area (Å²) >= 11 is 0. The Bertz CT molecular complexity index is 829. The van der Waals surface area contributed by atoms with E-state index in [1.165, 1.54) is 22.3 Å². The van der Waals surface area contributed by atoms with Crippen molar-refractivity contribution in [2.75, 3.05) is 32.7 Å². The van der Waals surface area contributed by atoms with Crippen LogP contribution in [0.25, 0.3) is 0 Å². The summed E-state index contributed by atoms with van der Waals surface area (Å²) < 4.78 is 0. The third-order valence-corrected chi connectivity index (χ3v) is 6.30. The number of carbonyl (C=O) groups is 1. The van der Waals surface area contributed by atoms with Gasteiger partial charge in [0.15, 0.2) is 0 Å². The number of amides is 2. The molecule has 1 atom stereocenters. The number of hydrogen-bond donors (Lipinski definition) is 2. The second-order valence-corrected chi connectivity index (χ2v) is 8.10. The van der Waals surface area contributed by atoms with Crippen molar-refractivity contribution >= 4 is 6.03 Å². The third-order valence-electron chi connectivity index (χ3n) is 6.30. The number of aryl methyl sites for hydroxylation is 1. The van der Waals surface area contributed by atoms with Crippen molar-refractivity contribution in [2.45, 2.75) is 38.9 Å². The second kappa shape index (κ2) is 9.42. The number of fused-ring (bicyclic) bond motifs is 1. The van der Waals surface area contributed by atoms with Gasteiger partial charge in [-0.3, -0.25) is 4.90 Å². The molecule has 0 saturated carbocycles. The van der Waals surface area contributed by atoms with Gasteiger partial charge in [0.05, 0.1) is 6.04 Å². The van der Waals surface area contributed by atoms with E-state index in [0.717, 1.165) is 52.1 Å². The Balaban J connectivity index is 1.30. The monoisotopic (exact) mass is 392 g/mol. The van der Waals surface area contributed by atoms with E-state index in [2.05, 4.69) is 69.8 Å². The maximum Gasteiger partial charge on any atom is 0.315 e. The van der Waals surface area contributed by atoms with Crippen LogP contribution in [0.1, 0.15) is 41.6 Å². The van der Waals surface area contributed by atoms with Gasteiger partial charge in [0.2, 0.25) is 0 Å². The highest BCUT2D eigenvalue weighted by Crippen LogP contribution is 2.30. The predicted molar refractivity (Wildman–Crippen MR) is 117 cm³/mol. The topological polar surface area (TPSA) is 47.6 Å². The molecule has 1 saturated heterocycles. The first kappa shape index (κ1) is 19.9. The number of piperazine rings is 1. The molecule has 2 aromatic rings. The summed E-state index contributed by atoms with van der Waals surface area (Å²) in [6.45, 7) is 9.37. The summed E-state index contributed by atoms with van der Waals surface area (Å²) in [5, 5.41) is 6.23. The van der Waals surface area contributed by atoms with E-state index >= 15 is 0 Å². The summed E-state index contributed by atoms with van der Waals surface area (Å²) in [5.74, 6) is 0. The van der Waals surface area contributed by atoms with Gasteiger partial charge in [0.25, 0.3) is 0 Å². The average molecular weight is 393 g/mol. The lowest BCUT2D eigenvalue weighted by atomic mass is 10.1. The largest absolute Gasteiger partial charge is 0.334 e. The zero-order valence-corrected chi connectivity index (χ0v) is 17.4. The van der Waals surface area contributed by atoms with E-state index in [1.54, 1.807) is 0 Å². The SMILES string of the molecule is CCN1CCN(Cc2ccccc2CNC(=O)N[C@@H]2CCc3ccccc32)CC1. The van der Waals surface area contributed by atoms with Gasteiger partial charge in [0, 0.05) is 39.3 Å². The van der Waals surface area contributed by atoms with Crippen LogP contribution in [-0.4, -0.2) is 48.6 Å². The van der Waals surface area contributed by atoms with Gasteiger partial charge in [-0.15, -0.1) is 0 Å². The number of urea groups is 1. The minimum Gasteiger partial charge on any atom is -0.334 e. The molecule has 1 fully saturated rings. The Labute approximate surface area is 174 Å². The number of nitrogens with one attached hydrogen (secondary N) is 2. The van der Waals surface area contributed by atoms with E-state index in [9.17, 15) is 4.79 Å². The normalized spacial score (nSPS) is 19.7. The maximum atomic E-state index is 12.5. The van der Waals surface area contributed by atoms with Gasteiger partial charge < -0.3 is 15.5 Å². The quantitative estimate of drug-likeness (QED) is 0.793. The van der Waals surface area contributed by atoms with Crippen molar-refractivity contribution in [3.05, 3.63) is 70.8 Å². The molecule has 5 nitrogen and oxygen atoms in total. The van der Waals surface area contributed by atoms with Crippen molar-refractivity contribution in [3.63, 3.8) is 0 Å². The van der Waals surface area contributed by atoms with Crippen molar-refractivity contribution in [1.29, 1.82) is 0 Å². The van der Waals surface area contributed by atoms with E-state index in [0.29, 0.717) is 6.54 Å². The minimum atomic E-state index is -0.0851. The van der Waals surface area contributed by atoms with Crippen LogP contribution in [0, 0.1) is 0 Å². The molecule has 4 rings (SSSR count). The first-order chi connectivity index (χ1) is 14.2. The summed E-state index contributed by atoms with van der Waals surface area (Å²) in [6.07, 6.45) is 2.02. The fraction of sp³-hybridized carbons (Fsp3) is 0.458. The smallest absolute Gasteiger partial charge is 0.315 e. The highest BCUT2D eigenvalue weighted by atomic mass is 16.2. The third kappa shape index (κ3) is 4.98. The van der Waals surface area contributed by atoms with Gasteiger partial charge in [-0.1, -0.05) is 55.5 Å². The second-order valence-electron chi connectivity index (χ2n) is 8.10. The van der Waals surface area contributed by atoms with Crippen LogP contribution in [0.2, 0.25) is 0 Å². The van der Waals surface area contributed by atoms with E-state index < -0.39 is 0 Å². The van der Waals surface area contributed by atoms with Gasteiger partial charge in [0.1, 0.15) is 0 Å². The van der Waals surface area contributed by atoms with E-state index in [1.807, 2.05) is 6.07 Å². The number of carbonyl (C=O) groups excluding carboxylic acids is 1. The summed E-state index contributed by atoms with van der Waals surface area (Å²) in [7, 11) is 0. The fourth-order valence-electron chi connectivity index (χ4n) is 4.48. The highest BCUT2D eigenvalue weighted by molar-refractivity contribution is 5.74. The number of likely N-dealkylation sites (N-methyl/N-ethyl adjacent to an activating group) is 1. The lowest BCUT2D eigenvalue weighted by Crippen LogP contribution is -2.45. The molecule has 1 heterocycles. The first-order valence-corrected chi connectivity index (χ1v) is 10.9. The molecule has 0 bridgehead atoms. The number of rotatable bonds is 6. The maximum absolute atomic E-state index is 12.5. The lowest BCUT2D eigenvalue weighted by molar-refractivity contribution is 0.131. The standard InChI is InChI=1S/C24H32N4O/c1-2-27-13-15-28(16-14-27)18-21-9-4-3-8-20(21)17-25-24(29)26-23-12-11-19-7-5-6-10-22(19)23/h3-10,23H,2,11-18H2,1H3,(H2,25,26,29)/t23-/m1/s1. The van der Waals surface area contributed by atoms with Crippen LogP contribution in [-0.2, 0) is 19.5 Å². The lowest BCUT2D eigenvalue weighted by Gasteiger charge is -2.34. The minimum absolute atomic E-state index is 0.0851. The molecule has 2 aromatic carbocycles. The molecule has 29 heavy (non-hydrogen) atoms. The predicted octanol–water partition coefficient (Wildman–Crippen LogP) is 3.31. The molecule has 1 aliphatic heterocycles.